The summed E-state index contributed by atoms with van der Waals surface area (Å²) in [6, 6.07) is 0. The van der Waals surface area contributed by atoms with Crippen molar-refractivity contribution < 1.29 is 18.3 Å². The topological polar surface area (TPSA) is 95.5 Å². The van der Waals surface area contributed by atoms with Crippen LogP contribution in [0, 0.1) is 11.8 Å². The molecule has 0 aromatic heterocycles. The summed E-state index contributed by atoms with van der Waals surface area (Å²) in [4.78, 5) is 10.8. The molecule has 0 aliphatic carbocycles. The molecule has 0 bridgehead atoms. The number of hydrogen-bond acceptors (Lipinski definition) is 3. The van der Waals surface area contributed by atoms with Crippen LogP contribution in [0.2, 0.25) is 0 Å². The van der Waals surface area contributed by atoms with Gasteiger partial charge in [0, 0.05) is 18.5 Å². The highest BCUT2D eigenvalue weighted by Crippen LogP contribution is 2.15. The first-order chi connectivity index (χ1) is 8.41. The first-order valence-electron chi connectivity index (χ1n) is 6.41. The van der Waals surface area contributed by atoms with Gasteiger partial charge in [0.15, 0.2) is 0 Å². The van der Waals surface area contributed by atoms with Gasteiger partial charge in [-0.05, 0) is 39.0 Å². The lowest BCUT2D eigenvalue weighted by molar-refractivity contribution is -0.138. The van der Waals surface area contributed by atoms with Crippen molar-refractivity contribution in [3.63, 3.8) is 0 Å². The fourth-order valence-electron chi connectivity index (χ4n) is 1.82. The van der Waals surface area contributed by atoms with E-state index in [2.05, 4.69) is 9.44 Å². The summed E-state index contributed by atoms with van der Waals surface area (Å²) in [6.45, 7) is 9.34. The molecule has 0 spiro atoms. The zero-order chi connectivity index (χ0) is 15.3. The predicted molar refractivity (Wildman–Crippen MR) is 75.0 cm³/mol. The van der Waals surface area contributed by atoms with Crippen molar-refractivity contribution in [1.29, 1.82) is 0 Å². The SMILES string of the molecule is CC(C)CC(CNS(=O)(=O)NC(C)(C)C)CC(=O)O. The van der Waals surface area contributed by atoms with Crippen LogP contribution in [-0.4, -0.2) is 31.6 Å². The molecule has 0 amide bonds. The van der Waals surface area contributed by atoms with Gasteiger partial charge < -0.3 is 5.11 Å². The molecule has 7 heteroatoms. The summed E-state index contributed by atoms with van der Waals surface area (Å²) in [7, 11) is -3.60. The Morgan fingerprint density at radius 2 is 1.79 bits per heavy atom. The lowest BCUT2D eigenvalue weighted by atomic mass is 9.94. The van der Waals surface area contributed by atoms with Crippen molar-refractivity contribution in [2.45, 2.75) is 53.0 Å². The molecule has 0 radical (unpaired) electrons. The van der Waals surface area contributed by atoms with Crippen LogP contribution >= 0.6 is 0 Å². The predicted octanol–water partition coefficient (Wildman–Crippen LogP) is 1.35. The monoisotopic (exact) mass is 294 g/mol. The number of nitrogens with one attached hydrogen (secondary N) is 2. The van der Waals surface area contributed by atoms with Gasteiger partial charge in [0.1, 0.15) is 0 Å². The molecule has 6 nitrogen and oxygen atoms in total. The quantitative estimate of drug-likeness (QED) is 0.629. The average molecular weight is 294 g/mol. The Morgan fingerprint density at radius 1 is 1.26 bits per heavy atom. The smallest absolute Gasteiger partial charge is 0.303 e. The lowest BCUT2D eigenvalue weighted by Gasteiger charge is -2.22. The van der Waals surface area contributed by atoms with E-state index in [9.17, 15) is 13.2 Å². The van der Waals surface area contributed by atoms with Crippen LogP contribution in [0.4, 0.5) is 0 Å². The van der Waals surface area contributed by atoms with E-state index in [1.807, 2.05) is 13.8 Å². The van der Waals surface area contributed by atoms with E-state index in [0.717, 1.165) is 0 Å². The molecule has 0 aliphatic heterocycles. The Bertz CT molecular complexity index is 385. The number of aliphatic carboxylic acids is 1. The van der Waals surface area contributed by atoms with Gasteiger partial charge in [-0.1, -0.05) is 13.8 Å². The zero-order valence-electron chi connectivity index (χ0n) is 12.4. The standard InChI is InChI=1S/C12H26N2O4S/c1-9(2)6-10(7-11(15)16)8-13-19(17,18)14-12(3,4)5/h9-10,13-14H,6-8H2,1-5H3,(H,15,16). The minimum atomic E-state index is -3.60. The number of hydrogen-bond donors (Lipinski definition) is 3. The van der Waals surface area contributed by atoms with E-state index < -0.39 is 21.7 Å². The first-order valence-corrected chi connectivity index (χ1v) is 7.90. The van der Waals surface area contributed by atoms with Gasteiger partial charge in [-0.2, -0.15) is 13.1 Å². The molecule has 3 N–H and O–H groups in total. The Morgan fingerprint density at radius 3 is 2.16 bits per heavy atom. The second-order valence-electron chi connectivity index (χ2n) is 6.30. The largest absolute Gasteiger partial charge is 0.481 e. The molecule has 0 aromatic rings. The Balaban J connectivity index is 4.49. The van der Waals surface area contributed by atoms with Gasteiger partial charge >= 0.3 is 5.97 Å². The number of carboxylic acid groups (broad SMARTS) is 1. The Kier molecular flexibility index (Phi) is 6.96. The van der Waals surface area contributed by atoms with Crippen LogP contribution in [0.15, 0.2) is 0 Å². The summed E-state index contributed by atoms with van der Waals surface area (Å²) >= 11 is 0. The fraction of sp³-hybridized carbons (Fsp3) is 0.917. The molecule has 1 unspecified atom stereocenters. The van der Waals surface area contributed by atoms with Crippen LogP contribution in [0.25, 0.3) is 0 Å². The van der Waals surface area contributed by atoms with Crippen molar-refractivity contribution in [2.24, 2.45) is 11.8 Å². The first kappa shape index (κ1) is 18.3. The van der Waals surface area contributed by atoms with Crippen molar-refractivity contribution in [3.8, 4) is 0 Å². The van der Waals surface area contributed by atoms with Gasteiger partial charge in [-0.25, -0.2) is 4.72 Å². The Labute approximate surface area is 116 Å². The molecular formula is C12H26N2O4S. The second kappa shape index (κ2) is 7.21. The van der Waals surface area contributed by atoms with Crippen LogP contribution in [0.3, 0.4) is 0 Å². The molecule has 1 atom stereocenters. The molecule has 0 aromatic carbocycles. The van der Waals surface area contributed by atoms with E-state index in [1.54, 1.807) is 20.8 Å². The minimum absolute atomic E-state index is 0.0315. The molecule has 0 saturated heterocycles. The average Bonchev–Trinajstić information content (AvgIpc) is 2.08. The van der Waals surface area contributed by atoms with Crippen LogP contribution in [-0.2, 0) is 15.0 Å². The molecule has 0 heterocycles. The summed E-state index contributed by atoms with van der Waals surface area (Å²) in [6.07, 6.45) is 0.639. The number of carboxylic acids is 1. The summed E-state index contributed by atoms with van der Waals surface area (Å²) in [5, 5.41) is 8.82. The molecule has 114 valence electrons. The third-order valence-electron chi connectivity index (χ3n) is 2.27. The maximum Gasteiger partial charge on any atom is 0.303 e. The lowest BCUT2D eigenvalue weighted by Crippen LogP contribution is -2.48. The van der Waals surface area contributed by atoms with E-state index in [1.165, 1.54) is 0 Å². The second-order valence-corrected chi connectivity index (χ2v) is 7.80. The van der Waals surface area contributed by atoms with Crippen molar-refractivity contribution in [2.75, 3.05) is 6.54 Å². The fourth-order valence-corrected chi connectivity index (χ4v) is 3.15. The highest BCUT2D eigenvalue weighted by atomic mass is 32.2. The van der Waals surface area contributed by atoms with Gasteiger partial charge in [0.2, 0.25) is 0 Å². The normalized spacial score (nSPS) is 14.6. The third-order valence-corrected chi connectivity index (χ3v) is 3.70. The summed E-state index contributed by atoms with van der Waals surface area (Å²) in [5.74, 6) is -0.785. The molecule has 0 rings (SSSR count). The number of rotatable bonds is 8. The molecule has 0 fully saturated rings. The third kappa shape index (κ3) is 10.9. The minimum Gasteiger partial charge on any atom is -0.481 e. The highest BCUT2D eigenvalue weighted by Gasteiger charge is 2.22. The van der Waals surface area contributed by atoms with Crippen LogP contribution < -0.4 is 9.44 Å². The van der Waals surface area contributed by atoms with Crippen molar-refractivity contribution >= 4 is 16.2 Å². The van der Waals surface area contributed by atoms with Crippen molar-refractivity contribution in [1.82, 2.24) is 9.44 Å². The molecule has 19 heavy (non-hydrogen) atoms. The molecule has 0 saturated carbocycles. The van der Waals surface area contributed by atoms with E-state index in [4.69, 9.17) is 5.11 Å². The molecule has 0 aliphatic rings. The van der Waals surface area contributed by atoms with E-state index in [-0.39, 0.29) is 18.9 Å². The van der Waals surface area contributed by atoms with Gasteiger partial charge in [-0.3, -0.25) is 4.79 Å². The van der Waals surface area contributed by atoms with E-state index >= 15 is 0 Å². The Hall–Kier alpha value is -0.660. The van der Waals surface area contributed by atoms with Crippen LogP contribution in [0.1, 0.15) is 47.5 Å². The summed E-state index contributed by atoms with van der Waals surface area (Å²) < 4.78 is 28.4. The van der Waals surface area contributed by atoms with Crippen LogP contribution in [0.5, 0.6) is 0 Å². The number of carbonyl (C=O) groups is 1. The summed E-state index contributed by atoms with van der Waals surface area (Å²) in [5.41, 5.74) is -0.563. The van der Waals surface area contributed by atoms with Gasteiger partial charge in [-0.15, -0.1) is 0 Å². The van der Waals surface area contributed by atoms with E-state index in [0.29, 0.717) is 12.3 Å². The zero-order valence-corrected chi connectivity index (χ0v) is 13.2. The molecular weight excluding hydrogens is 268 g/mol. The van der Waals surface area contributed by atoms with Crippen molar-refractivity contribution in [3.05, 3.63) is 0 Å². The van der Waals surface area contributed by atoms with Gasteiger partial charge in [0.05, 0.1) is 0 Å². The maximum atomic E-state index is 11.8. The maximum absolute atomic E-state index is 11.8. The highest BCUT2D eigenvalue weighted by molar-refractivity contribution is 7.87. The van der Waals surface area contributed by atoms with Gasteiger partial charge in [0.25, 0.3) is 10.2 Å².